The fraction of sp³-hybridized carbons (Fsp3) is 0.240. The smallest absolute Gasteiger partial charge is 0.253 e. The molecule has 1 aliphatic rings. The molecule has 33 heavy (non-hydrogen) atoms. The summed E-state index contributed by atoms with van der Waals surface area (Å²) in [5, 5.41) is 8.61. The Kier molecular flexibility index (Phi) is 7.04. The van der Waals surface area contributed by atoms with E-state index in [0.717, 1.165) is 25.9 Å². The minimum Gasteiger partial charge on any atom is -0.467 e. The molecule has 0 spiro atoms. The van der Waals surface area contributed by atoms with Crippen molar-refractivity contribution in [2.24, 2.45) is 0 Å². The van der Waals surface area contributed by atoms with Gasteiger partial charge in [0.2, 0.25) is 5.91 Å². The van der Waals surface area contributed by atoms with Gasteiger partial charge in [-0.15, -0.1) is 0 Å². The fourth-order valence-corrected chi connectivity index (χ4v) is 3.67. The number of anilines is 2. The highest BCUT2D eigenvalue weighted by molar-refractivity contribution is 5.98. The van der Waals surface area contributed by atoms with Gasteiger partial charge in [0.05, 0.1) is 19.4 Å². The van der Waals surface area contributed by atoms with E-state index < -0.39 is 0 Å². The monoisotopic (exact) mass is 446 g/mol. The Morgan fingerprint density at radius 3 is 2.36 bits per heavy atom. The lowest BCUT2D eigenvalue weighted by molar-refractivity contribution is -0.114. The number of likely N-dealkylation sites (tertiary alicyclic amines) is 1. The molecule has 0 saturated carbocycles. The molecular weight excluding hydrogens is 420 g/mol. The summed E-state index contributed by atoms with van der Waals surface area (Å²) < 4.78 is 5.21. The normalized spacial score (nSPS) is 12.9. The number of carbonyl (C=O) groups excluding carboxylic acids is 3. The molecule has 3 aromatic rings. The summed E-state index contributed by atoms with van der Waals surface area (Å²) >= 11 is 0. The lowest BCUT2D eigenvalue weighted by Crippen LogP contribution is -2.27. The minimum absolute atomic E-state index is 0.0164. The van der Waals surface area contributed by atoms with Crippen molar-refractivity contribution >= 4 is 29.1 Å². The Bertz CT molecular complexity index is 1120. The molecule has 8 nitrogen and oxygen atoms in total. The van der Waals surface area contributed by atoms with Crippen LogP contribution in [0.3, 0.4) is 0 Å². The molecular formula is C25H26N4O4. The number of hydrogen-bond acceptors (Lipinski definition) is 5. The number of nitrogens with zero attached hydrogens (tertiary/aromatic N) is 1. The van der Waals surface area contributed by atoms with Gasteiger partial charge in [-0.05, 0) is 61.4 Å². The van der Waals surface area contributed by atoms with Crippen LogP contribution in [0.25, 0.3) is 0 Å². The first-order chi connectivity index (χ1) is 16.1. The molecule has 0 unspecified atom stereocenters. The van der Waals surface area contributed by atoms with Gasteiger partial charge in [0.25, 0.3) is 11.8 Å². The van der Waals surface area contributed by atoms with E-state index in [-0.39, 0.29) is 30.8 Å². The second-order valence-electron chi connectivity index (χ2n) is 7.82. The molecule has 2 heterocycles. The lowest BCUT2D eigenvalue weighted by atomic mass is 10.1. The molecule has 170 valence electrons. The molecule has 4 rings (SSSR count). The predicted octanol–water partition coefficient (Wildman–Crippen LogP) is 3.50. The van der Waals surface area contributed by atoms with E-state index in [9.17, 15) is 14.4 Å². The average Bonchev–Trinajstić information content (AvgIpc) is 3.56. The maximum absolute atomic E-state index is 12.6. The number of carbonyl (C=O) groups is 3. The molecule has 2 aromatic carbocycles. The molecule has 1 saturated heterocycles. The second-order valence-corrected chi connectivity index (χ2v) is 7.82. The highest BCUT2D eigenvalue weighted by atomic mass is 16.3. The summed E-state index contributed by atoms with van der Waals surface area (Å²) in [6, 6.07) is 17.4. The van der Waals surface area contributed by atoms with Gasteiger partial charge in [0, 0.05) is 35.6 Å². The van der Waals surface area contributed by atoms with E-state index in [0.29, 0.717) is 28.3 Å². The number of furan rings is 1. The van der Waals surface area contributed by atoms with Crippen molar-refractivity contribution in [3.05, 3.63) is 83.8 Å². The van der Waals surface area contributed by atoms with E-state index >= 15 is 0 Å². The summed E-state index contributed by atoms with van der Waals surface area (Å²) in [5.41, 5.74) is 2.25. The standard InChI is InChI=1S/C25H26N4O4/c30-23(17-26-20-8-4-7-19(15-20)25(32)29-11-1-2-12-29)28-21-9-3-6-18(14-21)24(31)27-16-22-10-5-13-33-22/h3-10,13-15,26H,1-2,11-12,16-17H2,(H,27,31)(H,28,30). The summed E-state index contributed by atoms with van der Waals surface area (Å²) in [7, 11) is 0. The summed E-state index contributed by atoms with van der Waals surface area (Å²) in [4.78, 5) is 39.2. The van der Waals surface area contributed by atoms with Crippen LogP contribution in [-0.2, 0) is 11.3 Å². The second kappa shape index (κ2) is 10.5. The van der Waals surface area contributed by atoms with Crippen molar-refractivity contribution in [2.75, 3.05) is 30.3 Å². The molecule has 1 aliphatic heterocycles. The zero-order chi connectivity index (χ0) is 23.0. The van der Waals surface area contributed by atoms with Crippen LogP contribution in [0.2, 0.25) is 0 Å². The van der Waals surface area contributed by atoms with Crippen molar-refractivity contribution in [3.63, 3.8) is 0 Å². The van der Waals surface area contributed by atoms with Gasteiger partial charge in [0.15, 0.2) is 0 Å². The molecule has 8 heteroatoms. The summed E-state index contributed by atoms with van der Waals surface area (Å²) in [6.45, 7) is 1.89. The van der Waals surface area contributed by atoms with Gasteiger partial charge in [-0.1, -0.05) is 12.1 Å². The first-order valence-electron chi connectivity index (χ1n) is 10.9. The molecule has 0 bridgehead atoms. The van der Waals surface area contributed by atoms with Gasteiger partial charge in [-0.25, -0.2) is 0 Å². The van der Waals surface area contributed by atoms with Crippen LogP contribution >= 0.6 is 0 Å². The van der Waals surface area contributed by atoms with E-state index in [1.807, 2.05) is 11.0 Å². The third-order valence-corrected chi connectivity index (χ3v) is 5.37. The third-order valence-electron chi connectivity index (χ3n) is 5.37. The van der Waals surface area contributed by atoms with Crippen LogP contribution in [-0.4, -0.2) is 42.3 Å². The maximum atomic E-state index is 12.6. The van der Waals surface area contributed by atoms with Crippen LogP contribution in [0, 0.1) is 0 Å². The van der Waals surface area contributed by atoms with Crippen LogP contribution in [0.1, 0.15) is 39.3 Å². The van der Waals surface area contributed by atoms with Crippen molar-refractivity contribution in [2.45, 2.75) is 19.4 Å². The van der Waals surface area contributed by atoms with Crippen LogP contribution < -0.4 is 16.0 Å². The molecule has 1 fully saturated rings. The van der Waals surface area contributed by atoms with Gasteiger partial charge >= 0.3 is 0 Å². The van der Waals surface area contributed by atoms with Crippen LogP contribution in [0.5, 0.6) is 0 Å². The van der Waals surface area contributed by atoms with Gasteiger partial charge in [-0.3, -0.25) is 14.4 Å². The molecule has 0 aliphatic carbocycles. The van der Waals surface area contributed by atoms with E-state index in [1.54, 1.807) is 60.9 Å². The minimum atomic E-state index is -0.264. The van der Waals surface area contributed by atoms with Crippen molar-refractivity contribution in [1.29, 1.82) is 0 Å². The fourth-order valence-electron chi connectivity index (χ4n) is 3.67. The molecule has 0 radical (unpaired) electrons. The Morgan fingerprint density at radius 1 is 0.879 bits per heavy atom. The Morgan fingerprint density at radius 2 is 1.61 bits per heavy atom. The van der Waals surface area contributed by atoms with E-state index in [1.165, 1.54) is 0 Å². The average molecular weight is 447 g/mol. The predicted molar refractivity (Wildman–Crippen MR) is 125 cm³/mol. The van der Waals surface area contributed by atoms with Crippen molar-refractivity contribution in [1.82, 2.24) is 10.2 Å². The molecule has 3 N–H and O–H groups in total. The van der Waals surface area contributed by atoms with Crippen molar-refractivity contribution < 1.29 is 18.8 Å². The summed E-state index contributed by atoms with van der Waals surface area (Å²) in [5.74, 6) is 0.146. The van der Waals surface area contributed by atoms with Crippen LogP contribution in [0.15, 0.2) is 71.3 Å². The van der Waals surface area contributed by atoms with Gasteiger partial charge in [-0.2, -0.15) is 0 Å². The van der Waals surface area contributed by atoms with Gasteiger partial charge < -0.3 is 25.3 Å². The zero-order valence-corrected chi connectivity index (χ0v) is 18.2. The zero-order valence-electron chi connectivity index (χ0n) is 18.2. The maximum Gasteiger partial charge on any atom is 0.253 e. The Labute approximate surface area is 192 Å². The SMILES string of the molecule is O=C(CNc1cccc(C(=O)N2CCCC2)c1)Nc1cccc(C(=O)NCc2ccco2)c1. The molecule has 1 aromatic heterocycles. The topological polar surface area (TPSA) is 104 Å². The molecule has 3 amide bonds. The first-order valence-corrected chi connectivity index (χ1v) is 10.9. The highest BCUT2D eigenvalue weighted by Gasteiger charge is 2.19. The van der Waals surface area contributed by atoms with Crippen LogP contribution in [0.4, 0.5) is 11.4 Å². The number of rotatable bonds is 8. The van der Waals surface area contributed by atoms with Crippen molar-refractivity contribution in [3.8, 4) is 0 Å². The quantitative estimate of drug-likeness (QED) is 0.491. The largest absolute Gasteiger partial charge is 0.467 e. The number of hydrogen-bond donors (Lipinski definition) is 3. The Balaban J connectivity index is 1.29. The molecule has 0 atom stereocenters. The number of benzene rings is 2. The highest BCUT2D eigenvalue weighted by Crippen LogP contribution is 2.17. The van der Waals surface area contributed by atoms with Gasteiger partial charge in [0.1, 0.15) is 5.76 Å². The Hall–Kier alpha value is -4.07. The number of amides is 3. The first kappa shape index (κ1) is 22.1. The van der Waals surface area contributed by atoms with E-state index in [4.69, 9.17) is 4.42 Å². The summed E-state index contributed by atoms with van der Waals surface area (Å²) in [6.07, 6.45) is 3.63. The lowest BCUT2D eigenvalue weighted by Gasteiger charge is -2.16. The number of nitrogens with one attached hydrogen (secondary N) is 3. The van der Waals surface area contributed by atoms with E-state index in [2.05, 4.69) is 16.0 Å². The third kappa shape index (κ3) is 6.00.